The molecule has 7 nitrogen and oxygen atoms in total. The first-order valence-electron chi connectivity index (χ1n) is 6.16. The van der Waals surface area contributed by atoms with Gasteiger partial charge in [0.05, 0.1) is 17.9 Å². The minimum Gasteiger partial charge on any atom is -0.387 e. The highest BCUT2D eigenvalue weighted by Crippen LogP contribution is 2.23. The van der Waals surface area contributed by atoms with Crippen LogP contribution in [0.1, 0.15) is 13.3 Å². The molecule has 0 bridgehead atoms. The summed E-state index contributed by atoms with van der Waals surface area (Å²) in [5.41, 5.74) is -1.07. The van der Waals surface area contributed by atoms with E-state index >= 15 is 0 Å². The highest BCUT2D eigenvalue weighted by molar-refractivity contribution is 7.89. The van der Waals surface area contributed by atoms with Crippen molar-refractivity contribution in [2.75, 3.05) is 30.3 Å². The SMILES string of the molecule is CCS(=O)(=O)NC[C@]1(O)CCN(c2ncccn2)C1. The van der Waals surface area contributed by atoms with Crippen LogP contribution in [0.4, 0.5) is 5.95 Å². The van der Waals surface area contributed by atoms with Crippen LogP contribution in [0.3, 0.4) is 0 Å². The molecule has 1 aromatic rings. The van der Waals surface area contributed by atoms with E-state index in [4.69, 9.17) is 0 Å². The van der Waals surface area contributed by atoms with Crippen molar-refractivity contribution in [1.82, 2.24) is 14.7 Å². The van der Waals surface area contributed by atoms with Crippen molar-refractivity contribution in [2.24, 2.45) is 0 Å². The minimum atomic E-state index is -3.29. The van der Waals surface area contributed by atoms with E-state index in [-0.39, 0.29) is 12.3 Å². The number of aromatic nitrogens is 2. The Morgan fingerprint density at radius 2 is 2.16 bits per heavy atom. The summed E-state index contributed by atoms with van der Waals surface area (Å²) in [6.07, 6.45) is 3.76. The summed E-state index contributed by atoms with van der Waals surface area (Å²) in [7, 11) is -3.29. The highest BCUT2D eigenvalue weighted by atomic mass is 32.2. The summed E-state index contributed by atoms with van der Waals surface area (Å²) in [5, 5.41) is 10.4. The molecule has 1 fully saturated rings. The molecule has 0 radical (unpaired) electrons. The Bertz CT molecular complexity index is 522. The molecule has 1 aliphatic rings. The lowest BCUT2D eigenvalue weighted by atomic mass is 10.0. The maximum absolute atomic E-state index is 11.4. The molecule has 2 rings (SSSR count). The summed E-state index contributed by atoms with van der Waals surface area (Å²) >= 11 is 0. The molecular weight excluding hydrogens is 268 g/mol. The summed E-state index contributed by atoms with van der Waals surface area (Å²) < 4.78 is 25.2. The van der Waals surface area contributed by atoms with E-state index < -0.39 is 15.6 Å². The standard InChI is InChI=1S/C11H18N4O3S/c1-2-19(17,18)14-8-11(16)4-7-15(9-11)10-12-5-3-6-13-10/h3,5-6,14,16H,2,4,7-9H2,1H3/t11-/m1/s1. The zero-order chi connectivity index (χ0) is 13.9. The predicted molar refractivity (Wildman–Crippen MR) is 71.3 cm³/mol. The van der Waals surface area contributed by atoms with Crippen LogP contribution < -0.4 is 9.62 Å². The Hall–Kier alpha value is -1.25. The van der Waals surface area contributed by atoms with Gasteiger partial charge in [0, 0.05) is 25.5 Å². The Morgan fingerprint density at radius 3 is 2.79 bits per heavy atom. The molecule has 0 saturated carbocycles. The molecule has 2 heterocycles. The average molecular weight is 286 g/mol. The highest BCUT2D eigenvalue weighted by Gasteiger charge is 2.37. The molecule has 106 valence electrons. The lowest BCUT2D eigenvalue weighted by molar-refractivity contribution is 0.0685. The maximum Gasteiger partial charge on any atom is 0.225 e. The second-order valence-corrected chi connectivity index (χ2v) is 6.76. The van der Waals surface area contributed by atoms with E-state index in [1.165, 1.54) is 0 Å². The molecular formula is C11H18N4O3S. The molecule has 1 aromatic heterocycles. The first kappa shape index (κ1) is 14.2. The molecule has 19 heavy (non-hydrogen) atoms. The van der Waals surface area contributed by atoms with Gasteiger partial charge in [0.15, 0.2) is 0 Å². The van der Waals surface area contributed by atoms with Crippen molar-refractivity contribution in [1.29, 1.82) is 0 Å². The largest absolute Gasteiger partial charge is 0.387 e. The van der Waals surface area contributed by atoms with Crippen molar-refractivity contribution in [3.63, 3.8) is 0 Å². The second-order valence-electron chi connectivity index (χ2n) is 4.67. The van der Waals surface area contributed by atoms with Crippen molar-refractivity contribution < 1.29 is 13.5 Å². The first-order valence-corrected chi connectivity index (χ1v) is 7.81. The normalized spacial score (nSPS) is 23.8. The number of anilines is 1. The molecule has 8 heteroatoms. The van der Waals surface area contributed by atoms with E-state index in [1.54, 1.807) is 25.4 Å². The number of hydrogen-bond acceptors (Lipinski definition) is 6. The third-order valence-electron chi connectivity index (χ3n) is 3.17. The molecule has 1 aliphatic heterocycles. The molecule has 0 amide bonds. The fourth-order valence-electron chi connectivity index (χ4n) is 1.97. The van der Waals surface area contributed by atoms with E-state index in [2.05, 4.69) is 14.7 Å². The fraction of sp³-hybridized carbons (Fsp3) is 0.636. The van der Waals surface area contributed by atoms with Crippen LogP contribution in [0.25, 0.3) is 0 Å². The van der Waals surface area contributed by atoms with E-state index in [0.29, 0.717) is 25.5 Å². The van der Waals surface area contributed by atoms with Crippen LogP contribution in [0.5, 0.6) is 0 Å². The van der Waals surface area contributed by atoms with Gasteiger partial charge in [-0.15, -0.1) is 0 Å². The van der Waals surface area contributed by atoms with Gasteiger partial charge in [0.1, 0.15) is 0 Å². The number of nitrogens with zero attached hydrogens (tertiary/aromatic N) is 3. The fourth-order valence-corrected chi connectivity index (χ4v) is 2.67. The topological polar surface area (TPSA) is 95.4 Å². The van der Waals surface area contributed by atoms with Crippen molar-refractivity contribution in [2.45, 2.75) is 18.9 Å². The van der Waals surface area contributed by atoms with Crippen molar-refractivity contribution in [3.05, 3.63) is 18.5 Å². The molecule has 1 atom stereocenters. The van der Waals surface area contributed by atoms with Crippen LogP contribution in [0.15, 0.2) is 18.5 Å². The summed E-state index contributed by atoms with van der Waals surface area (Å²) in [5.74, 6) is 0.561. The van der Waals surface area contributed by atoms with Gasteiger partial charge in [-0.3, -0.25) is 0 Å². The maximum atomic E-state index is 11.4. The Labute approximate surface area is 112 Å². The van der Waals surface area contributed by atoms with Gasteiger partial charge in [-0.05, 0) is 19.4 Å². The Balaban J connectivity index is 1.97. The summed E-state index contributed by atoms with van der Waals surface area (Å²) in [6, 6.07) is 1.72. The first-order chi connectivity index (χ1) is 8.94. The predicted octanol–water partition coefficient (Wildman–Crippen LogP) is -0.643. The lowest BCUT2D eigenvalue weighted by Gasteiger charge is -2.23. The van der Waals surface area contributed by atoms with Crippen LogP contribution >= 0.6 is 0 Å². The van der Waals surface area contributed by atoms with Crippen LogP contribution in [0, 0.1) is 0 Å². The van der Waals surface area contributed by atoms with Crippen molar-refractivity contribution in [3.8, 4) is 0 Å². The molecule has 0 aliphatic carbocycles. The van der Waals surface area contributed by atoms with Gasteiger partial charge in [-0.2, -0.15) is 0 Å². The number of β-amino-alcohol motifs (C(OH)–C–C–N with tert-alkyl or cyclic N) is 1. The van der Waals surface area contributed by atoms with Gasteiger partial charge in [0.2, 0.25) is 16.0 Å². The molecule has 1 saturated heterocycles. The van der Waals surface area contributed by atoms with E-state index in [9.17, 15) is 13.5 Å². The van der Waals surface area contributed by atoms with Gasteiger partial charge in [-0.1, -0.05) is 0 Å². The third kappa shape index (κ3) is 3.62. The molecule has 2 N–H and O–H groups in total. The van der Waals surface area contributed by atoms with Gasteiger partial charge in [-0.25, -0.2) is 23.1 Å². The number of rotatable bonds is 5. The number of nitrogens with one attached hydrogen (secondary N) is 1. The van der Waals surface area contributed by atoms with Crippen LogP contribution in [-0.2, 0) is 10.0 Å². The summed E-state index contributed by atoms with van der Waals surface area (Å²) in [4.78, 5) is 10.1. The monoisotopic (exact) mass is 286 g/mol. The summed E-state index contributed by atoms with van der Waals surface area (Å²) in [6.45, 7) is 2.51. The zero-order valence-corrected chi connectivity index (χ0v) is 11.6. The smallest absolute Gasteiger partial charge is 0.225 e. The molecule has 0 unspecified atom stereocenters. The van der Waals surface area contributed by atoms with Gasteiger partial charge in [0.25, 0.3) is 0 Å². The Kier molecular flexibility index (Phi) is 4.02. The van der Waals surface area contributed by atoms with Crippen LogP contribution in [0.2, 0.25) is 0 Å². The van der Waals surface area contributed by atoms with Crippen molar-refractivity contribution >= 4 is 16.0 Å². The number of hydrogen-bond donors (Lipinski definition) is 2. The minimum absolute atomic E-state index is 0.00852. The molecule has 0 aromatic carbocycles. The lowest BCUT2D eigenvalue weighted by Crippen LogP contribution is -2.45. The second kappa shape index (κ2) is 5.40. The third-order valence-corrected chi connectivity index (χ3v) is 4.51. The van der Waals surface area contributed by atoms with Gasteiger partial charge >= 0.3 is 0 Å². The zero-order valence-electron chi connectivity index (χ0n) is 10.8. The Morgan fingerprint density at radius 1 is 1.47 bits per heavy atom. The number of sulfonamides is 1. The van der Waals surface area contributed by atoms with E-state index in [1.807, 2.05) is 4.90 Å². The average Bonchev–Trinajstić information content (AvgIpc) is 2.81. The molecule has 0 spiro atoms. The quantitative estimate of drug-likeness (QED) is 0.747. The van der Waals surface area contributed by atoms with E-state index in [0.717, 1.165) is 0 Å². The van der Waals surface area contributed by atoms with Crippen LogP contribution in [-0.4, -0.2) is 54.5 Å². The number of aliphatic hydroxyl groups is 1. The van der Waals surface area contributed by atoms with Gasteiger partial charge < -0.3 is 10.0 Å².